The third-order valence-electron chi connectivity index (χ3n) is 4.56. The number of anilines is 2. The third kappa shape index (κ3) is 3.63. The van der Waals surface area contributed by atoms with E-state index in [-0.39, 0.29) is 30.3 Å². The summed E-state index contributed by atoms with van der Waals surface area (Å²) in [6, 6.07) is -0.0441. The van der Waals surface area contributed by atoms with Crippen LogP contribution in [0.25, 0.3) is 0 Å². The van der Waals surface area contributed by atoms with Crippen LogP contribution < -0.4 is 20.9 Å². The highest BCUT2D eigenvalue weighted by molar-refractivity contribution is 5.85. The van der Waals surface area contributed by atoms with E-state index < -0.39 is 17.9 Å². The molecule has 3 rings (SSSR count). The van der Waals surface area contributed by atoms with Crippen LogP contribution in [0.3, 0.4) is 0 Å². The first-order valence-electron chi connectivity index (χ1n) is 8.24. The van der Waals surface area contributed by atoms with Crippen LogP contribution in [0.1, 0.15) is 25.0 Å². The van der Waals surface area contributed by atoms with E-state index in [1.807, 2.05) is 0 Å². The molecule has 1 amide bonds. The largest absolute Gasteiger partial charge is 0.433 e. The van der Waals surface area contributed by atoms with E-state index in [1.54, 1.807) is 9.80 Å². The van der Waals surface area contributed by atoms with Gasteiger partial charge in [-0.05, 0) is 19.3 Å². The fourth-order valence-corrected chi connectivity index (χ4v) is 3.31. The van der Waals surface area contributed by atoms with Crippen molar-refractivity contribution < 1.29 is 18.0 Å². The summed E-state index contributed by atoms with van der Waals surface area (Å²) in [5, 5.41) is 2.53. The molecular formula is C15H21F3N6O. The van der Waals surface area contributed by atoms with Crippen LogP contribution in [0.2, 0.25) is 0 Å². The van der Waals surface area contributed by atoms with Gasteiger partial charge < -0.3 is 20.9 Å². The molecule has 3 heterocycles. The number of alkyl halides is 3. The van der Waals surface area contributed by atoms with Gasteiger partial charge in [-0.15, -0.1) is 0 Å². The van der Waals surface area contributed by atoms with E-state index in [4.69, 9.17) is 5.73 Å². The lowest BCUT2D eigenvalue weighted by atomic mass is 10.1. The maximum absolute atomic E-state index is 13.3. The van der Waals surface area contributed by atoms with Crippen molar-refractivity contribution in [2.75, 3.05) is 36.5 Å². The Kier molecular flexibility index (Phi) is 4.72. The number of amides is 1. The number of nitrogens with zero attached hydrogens (tertiary/aromatic N) is 4. The Morgan fingerprint density at radius 2 is 2.00 bits per heavy atom. The van der Waals surface area contributed by atoms with E-state index in [0.717, 1.165) is 18.9 Å². The Hall–Kier alpha value is -2.10. The molecule has 0 radical (unpaired) electrons. The molecule has 2 aliphatic heterocycles. The Bertz CT molecular complexity index is 647. The predicted molar refractivity (Wildman–Crippen MR) is 86.3 cm³/mol. The van der Waals surface area contributed by atoms with Crippen LogP contribution >= 0.6 is 0 Å². The average molecular weight is 358 g/mol. The molecular weight excluding hydrogens is 337 g/mol. The van der Waals surface area contributed by atoms with Crippen LogP contribution in [0.15, 0.2) is 6.07 Å². The highest BCUT2D eigenvalue weighted by Crippen LogP contribution is 2.33. The van der Waals surface area contributed by atoms with Gasteiger partial charge in [-0.25, -0.2) is 4.98 Å². The van der Waals surface area contributed by atoms with Crippen molar-refractivity contribution in [1.82, 2.24) is 15.3 Å². The number of rotatable bonds is 3. The molecule has 1 aromatic rings. The molecule has 7 nitrogen and oxygen atoms in total. The second-order valence-electron chi connectivity index (χ2n) is 6.38. The van der Waals surface area contributed by atoms with Gasteiger partial charge >= 0.3 is 6.18 Å². The smallest absolute Gasteiger partial charge is 0.357 e. The first-order valence-corrected chi connectivity index (χ1v) is 8.24. The van der Waals surface area contributed by atoms with Gasteiger partial charge in [0.25, 0.3) is 0 Å². The van der Waals surface area contributed by atoms with E-state index in [2.05, 4.69) is 15.3 Å². The summed E-state index contributed by atoms with van der Waals surface area (Å²) in [5.41, 5.74) is 4.93. The monoisotopic (exact) mass is 358 g/mol. The van der Waals surface area contributed by atoms with Crippen molar-refractivity contribution >= 4 is 17.7 Å². The maximum atomic E-state index is 13.3. The van der Waals surface area contributed by atoms with Crippen LogP contribution in [0.4, 0.5) is 24.9 Å². The van der Waals surface area contributed by atoms with Crippen LogP contribution in [0.5, 0.6) is 0 Å². The van der Waals surface area contributed by atoms with Gasteiger partial charge in [-0.1, -0.05) is 0 Å². The number of aromatic nitrogens is 2. The zero-order valence-electron chi connectivity index (χ0n) is 13.9. The predicted octanol–water partition coefficient (Wildman–Crippen LogP) is 0.748. The van der Waals surface area contributed by atoms with Crippen molar-refractivity contribution in [3.05, 3.63) is 11.8 Å². The number of halogens is 3. The molecule has 0 aliphatic carbocycles. The van der Waals surface area contributed by atoms with Gasteiger partial charge in [0.2, 0.25) is 11.9 Å². The summed E-state index contributed by atoms with van der Waals surface area (Å²) in [7, 11) is 1.49. The summed E-state index contributed by atoms with van der Waals surface area (Å²) in [6.45, 7) is 1.52. The lowest BCUT2D eigenvalue weighted by Gasteiger charge is -2.26. The first kappa shape index (κ1) is 17.7. The summed E-state index contributed by atoms with van der Waals surface area (Å²) in [6.07, 6.45) is -2.44. The van der Waals surface area contributed by atoms with Gasteiger partial charge in [0.05, 0.1) is 0 Å². The molecule has 2 saturated heterocycles. The lowest BCUT2D eigenvalue weighted by Crippen LogP contribution is -2.42. The van der Waals surface area contributed by atoms with Crippen LogP contribution in [-0.4, -0.2) is 54.6 Å². The number of carbonyl (C=O) groups is 1. The Labute approximate surface area is 143 Å². The van der Waals surface area contributed by atoms with Crippen LogP contribution in [-0.2, 0) is 11.0 Å². The molecule has 1 aromatic heterocycles. The zero-order valence-corrected chi connectivity index (χ0v) is 13.9. The Balaban J connectivity index is 2.01. The van der Waals surface area contributed by atoms with Crippen molar-refractivity contribution in [2.45, 2.75) is 37.5 Å². The van der Waals surface area contributed by atoms with E-state index in [1.165, 1.54) is 7.05 Å². The average Bonchev–Trinajstić information content (AvgIpc) is 3.22. The number of carbonyl (C=O) groups excluding carboxylic acids is 1. The molecule has 2 atom stereocenters. The van der Waals surface area contributed by atoms with E-state index >= 15 is 0 Å². The van der Waals surface area contributed by atoms with Crippen molar-refractivity contribution in [2.24, 2.45) is 5.73 Å². The number of nitrogens with one attached hydrogen (secondary N) is 1. The molecule has 10 heteroatoms. The molecule has 0 bridgehead atoms. The third-order valence-corrected chi connectivity index (χ3v) is 4.56. The molecule has 3 N–H and O–H groups in total. The maximum Gasteiger partial charge on any atom is 0.433 e. The number of nitrogens with two attached hydrogens (primary N) is 1. The Morgan fingerprint density at radius 1 is 1.32 bits per heavy atom. The summed E-state index contributed by atoms with van der Waals surface area (Å²) in [4.78, 5) is 23.4. The van der Waals surface area contributed by atoms with Gasteiger partial charge in [-0.3, -0.25) is 4.79 Å². The molecule has 0 spiro atoms. The minimum Gasteiger partial charge on any atom is -0.357 e. The minimum absolute atomic E-state index is 0.0541. The normalized spacial score (nSPS) is 24.0. The highest BCUT2D eigenvalue weighted by Gasteiger charge is 2.39. The molecule has 0 aromatic carbocycles. The van der Waals surface area contributed by atoms with E-state index in [9.17, 15) is 18.0 Å². The summed E-state index contributed by atoms with van der Waals surface area (Å²) >= 11 is 0. The fourth-order valence-electron chi connectivity index (χ4n) is 3.31. The number of hydrogen-bond acceptors (Lipinski definition) is 6. The highest BCUT2D eigenvalue weighted by atomic mass is 19.4. The Morgan fingerprint density at radius 3 is 2.60 bits per heavy atom. The van der Waals surface area contributed by atoms with Crippen molar-refractivity contribution in [3.8, 4) is 0 Å². The van der Waals surface area contributed by atoms with Gasteiger partial charge in [0.15, 0.2) is 5.69 Å². The molecule has 0 unspecified atom stereocenters. The zero-order chi connectivity index (χ0) is 18.2. The lowest BCUT2D eigenvalue weighted by molar-refractivity contribution is -0.141. The van der Waals surface area contributed by atoms with Gasteiger partial charge in [0, 0.05) is 38.8 Å². The standard InChI is InChI=1S/C15H21F3N6O/c1-20-13(25)10-6-9(19)8-24(10)12-7-11(15(16,17)18)21-14(22-12)23-4-2-3-5-23/h7,9-10H,2-6,8,19H2,1H3,(H,20,25)/t9-,10+/m1/s1. The number of hydrogen-bond donors (Lipinski definition) is 2. The fraction of sp³-hybridized carbons (Fsp3) is 0.667. The SMILES string of the molecule is CNC(=O)[C@@H]1C[C@@H](N)CN1c1cc(C(F)(F)F)nc(N2CCCC2)n1. The van der Waals surface area contributed by atoms with Crippen molar-refractivity contribution in [3.63, 3.8) is 0 Å². The minimum atomic E-state index is -4.59. The molecule has 0 saturated carbocycles. The number of likely N-dealkylation sites (N-methyl/N-ethyl adjacent to an activating group) is 1. The molecule has 138 valence electrons. The second-order valence-corrected chi connectivity index (χ2v) is 6.38. The van der Waals surface area contributed by atoms with Crippen molar-refractivity contribution in [1.29, 1.82) is 0 Å². The van der Waals surface area contributed by atoms with E-state index in [0.29, 0.717) is 19.5 Å². The molecule has 25 heavy (non-hydrogen) atoms. The van der Waals surface area contributed by atoms with Gasteiger partial charge in [0.1, 0.15) is 11.9 Å². The van der Waals surface area contributed by atoms with Crippen LogP contribution in [0, 0.1) is 0 Å². The van der Waals surface area contributed by atoms with Gasteiger partial charge in [-0.2, -0.15) is 18.2 Å². The summed E-state index contributed by atoms with van der Waals surface area (Å²) < 4.78 is 39.9. The first-order chi connectivity index (χ1) is 11.8. The second kappa shape index (κ2) is 6.66. The molecule has 2 fully saturated rings. The topological polar surface area (TPSA) is 87.4 Å². The summed E-state index contributed by atoms with van der Waals surface area (Å²) in [5.74, 6) is -0.146. The molecule has 2 aliphatic rings. The quantitative estimate of drug-likeness (QED) is 0.829.